The van der Waals surface area contributed by atoms with Crippen molar-refractivity contribution in [2.24, 2.45) is 0 Å². The lowest BCUT2D eigenvalue weighted by Crippen LogP contribution is -2.22. The molecule has 0 bridgehead atoms. The van der Waals surface area contributed by atoms with Crippen LogP contribution in [0.2, 0.25) is 0 Å². The second-order valence-corrected chi connectivity index (χ2v) is 7.82. The number of fused-ring (bicyclic) bond motifs is 3. The standard InChI is InChI=1S/C28H24N2O/c1-2-19-14-9-15-24-23-17-16-22(18-25(23)30-27(19)24)29-28(31)26(20-10-5-3-6-11-20)21-12-7-4-8-13-21/h3-18,26,30H,2H2,1H3,(H,29,31). The van der Waals surface area contributed by atoms with Crippen molar-refractivity contribution >= 4 is 33.4 Å². The number of anilines is 1. The number of H-pyrrole nitrogens is 1. The number of carbonyl (C=O) groups is 1. The van der Waals surface area contributed by atoms with Gasteiger partial charge >= 0.3 is 0 Å². The predicted molar refractivity (Wildman–Crippen MR) is 129 cm³/mol. The summed E-state index contributed by atoms with van der Waals surface area (Å²) >= 11 is 0. The second-order valence-electron chi connectivity index (χ2n) is 7.82. The first kappa shape index (κ1) is 19.1. The molecule has 1 aromatic heterocycles. The summed E-state index contributed by atoms with van der Waals surface area (Å²) in [6, 6.07) is 32.4. The number of amides is 1. The highest BCUT2D eigenvalue weighted by Crippen LogP contribution is 2.31. The Morgan fingerprint density at radius 1 is 0.806 bits per heavy atom. The van der Waals surface area contributed by atoms with Crippen LogP contribution in [-0.4, -0.2) is 10.9 Å². The van der Waals surface area contributed by atoms with Crippen LogP contribution in [0.5, 0.6) is 0 Å². The van der Waals surface area contributed by atoms with Gasteiger partial charge in [0.05, 0.1) is 5.92 Å². The van der Waals surface area contributed by atoms with E-state index in [1.54, 1.807) is 0 Å². The zero-order valence-electron chi connectivity index (χ0n) is 17.4. The van der Waals surface area contributed by atoms with Crippen molar-refractivity contribution in [2.75, 3.05) is 5.32 Å². The molecule has 5 rings (SSSR count). The van der Waals surface area contributed by atoms with E-state index in [1.165, 1.54) is 21.9 Å². The fraction of sp³-hybridized carbons (Fsp3) is 0.107. The Labute approximate surface area is 181 Å². The molecule has 2 N–H and O–H groups in total. The lowest BCUT2D eigenvalue weighted by molar-refractivity contribution is -0.116. The minimum atomic E-state index is -0.368. The fourth-order valence-electron chi connectivity index (χ4n) is 4.36. The lowest BCUT2D eigenvalue weighted by atomic mass is 9.90. The average Bonchev–Trinajstić information content (AvgIpc) is 3.18. The van der Waals surface area contributed by atoms with Gasteiger partial charge < -0.3 is 10.3 Å². The fourth-order valence-corrected chi connectivity index (χ4v) is 4.36. The largest absolute Gasteiger partial charge is 0.354 e. The first-order valence-electron chi connectivity index (χ1n) is 10.7. The van der Waals surface area contributed by atoms with Gasteiger partial charge in [-0.05, 0) is 35.2 Å². The molecule has 5 aromatic rings. The van der Waals surface area contributed by atoms with Gasteiger partial charge in [0.15, 0.2) is 0 Å². The van der Waals surface area contributed by atoms with E-state index in [2.05, 4.69) is 41.5 Å². The van der Waals surface area contributed by atoms with Crippen LogP contribution < -0.4 is 5.32 Å². The number of para-hydroxylation sites is 1. The third-order valence-electron chi connectivity index (χ3n) is 5.90. The summed E-state index contributed by atoms with van der Waals surface area (Å²) in [5.41, 5.74) is 6.25. The molecular weight excluding hydrogens is 380 g/mol. The maximum absolute atomic E-state index is 13.4. The Hall–Kier alpha value is -3.85. The Kier molecular flexibility index (Phi) is 5.01. The molecule has 0 fully saturated rings. The highest BCUT2D eigenvalue weighted by molar-refractivity contribution is 6.10. The van der Waals surface area contributed by atoms with Crippen molar-refractivity contribution in [3.63, 3.8) is 0 Å². The number of nitrogens with one attached hydrogen (secondary N) is 2. The highest BCUT2D eigenvalue weighted by Gasteiger charge is 2.22. The quantitative estimate of drug-likeness (QED) is 0.338. The summed E-state index contributed by atoms with van der Waals surface area (Å²) in [5.74, 6) is -0.408. The predicted octanol–water partition coefficient (Wildman–Crippen LogP) is 6.65. The topological polar surface area (TPSA) is 44.9 Å². The number of aryl methyl sites for hydroxylation is 1. The van der Waals surface area contributed by atoms with Crippen LogP contribution in [0.4, 0.5) is 5.69 Å². The van der Waals surface area contributed by atoms with E-state index in [9.17, 15) is 4.79 Å². The van der Waals surface area contributed by atoms with Crippen LogP contribution >= 0.6 is 0 Å². The molecule has 4 aromatic carbocycles. The van der Waals surface area contributed by atoms with E-state index in [0.717, 1.165) is 28.8 Å². The number of aromatic amines is 1. The van der Waals surface area contributed by atoms with Gasteiger partial charge in [-0.3, -0.25) is 4.79 Å². The van der Waals surface area contributed by atoms with Crippen molar-refractivity contribution < 1.29 is 4.79 Å². The summed E-state index contributed by atoms with van der Waals surface area (Å²) in [5, 5.41) is 5.54. The zero-order chi connectivity index (χ0) is 21.2. The Bertz CT molecular complexity index is 1310. The van der Waals surface area contributed by atoms with Gasteiger partial charge in [-0.25, -0.2) is 0 Å². The molecule has 3 heteroatoms. The molecule has 0 aliphatic heterocycles. The van der Waals surface area contributed by atoms with Gasteiger partial charge in [0.25, 0.3) is 0 Å². The number of hydrogen-bond acceptors (Lipinski definition) is 1. The highest BCUT2D eigenvalue weighted by atomic mass is 16.1. The SMILES string of the molecule is CCc1cccc2c1[nH]c1cc(NC(=O)C(c3ccccc3)c3ccccc3)ccc12. The molecule has 0 aliphatic rings. The smallest absolute Gasteiger partial charge is 0.236 e. The van der Waals surface area contributed by atoms with Crippen LogP contribution in [0.1, 0.15) is 29.5 Å². The van der Waals surface area contributed by atoms with Crippen molar-refractivity contribution in [3.05, 3.63) is 114 Å². The van der Waals surface area contributed by atoms with E-state index in [-0.39, 0.29) is 11.8 Å². The van der Waals surface area contributed by atoms with Crippen molar-refractivity contribution in [1.29, 1.82) is 0 Å². The van der Waals surface area contributed by atoms with Crippen LogP contribution in [0.3, 0.4) is 0 Å². The molecule has 1 amide bonds. The minimum Gasteiger partial charge on any atom is -0.354 e. The zero-order valence-corrected chi connectivity index (χ0v) is 17.4. The van der Waals surface area contributed by atoms with Crippen LogP contribution in [0.15, 0.2) is 97.1 Å². The molecule has 0 atom stereocenters. The van der Waals surface area contributed by atoms with E-state index < -0.39 is 0 Å². The van der Waals surface area contributed by atoms with E-state index in [4.69, 9.17) is 0 Å². The molecule has 0 spiro atoms. The normalized spacial score (nSPS) is 11.3. The summed E-state index contributed by atoms with van der Waals surface area (Å²) in [6.07, 6.45) is 0.976. The van der Waals surface area contributed by atoms with E-state index >= 15 is 0 Å². The average molecular weight is 405 g/mol. The van der Waals surface area contributed by atoms with Crippen LogP contribution in [0.25, 0.3) is 21.8 Å². The monoisotopic (exact) mass is 404 g/mol. The molecule has 0 unspecified atom stereocenters. The molecule has 3 nitrogen and oxygen atoms in total. The van der Waals surface area contributed by atoms with E-state index in [0.29, 0.717) is 0 Å². The Balaban J connectivity index is 1.51. The number of hydrogen-bond donors (Lipinski definition) is 2. The molecule has 0 aliphatic carbocycles. The van der Waals surface area contributed by atoms with Crippen molar-refractivity contribution in [3.8, 4) is 0 Å². The third-order valence-corrected chi connectivity index (χ3v) is 5.90. The van der Waals surface area contributed by atoms with Crippen molar-refractivity contribution in [1.82, 2.24) is 4.98 Å². The van der Waals surface area contributed by atoms with Gasteiger partial charge in [-0.1, -0.05) is 91.9 Å². The first-order chi connectivity index (χ1) is 15.2. The molecule has 0 radical (unpaired) electrons. The Morgan fingerprint density at radius 2 is 1.48 bits per heavy atom. The maximum atomic E-state index is 13.4. The Morgan fingerprint density at radius 3 is 2.13 bits per heavy atom. The molecule has 0 saturated carbocycles. The van der Waals surface area contributed by atoms with E-state index in [1.807, 2.05) is 72.8 Å². The summed E-state index contributed by atoms with van der Waals surface area (Å²) in [7, 11) is 0. The number of aromatic nitrogens is 1. The van der Waals surface area contributed by atoms with Gasteiger partial charge in [-0.15, -0.1) is 0 Å². The van der Waals surface area contributed by atoms with Gasteiger partial charge in [0.1, 0.15) is 0 Å². The molecule has 0 saturated heterocycles. The summed E-state index contributed by atoms with van der Waals surface area (Å²) in [4.78, 5) is 17.0. The lowest BCUT2D eigenvalue weighted by Gasteiger charge is -2.18. The summed E-state index contributed by atoms with van der Waals surface area (Å²) < 4.78 is 0. The number of rotatable bonds is 5. The minimum absolute atomic E-state index is 0.0397. The number of carbonyl (C=O) groups excluding carboxylic acids is 1. The summed E-state index contributed by atoms with van der Waals surface area (Å²) in [6.45, 7) is 2.17. The molecule has 1 heterocycles. The van der Waals surface area contributed by atoms with Gasteiger partial charge in [0.2, 0.25) is 5.91 Å². The maximum Gasteiger partial charge on any atom is 0.236 e. The first-order valence-corrected chi connectivity index (χ1v) is 10.7. The van der Waals surface area contributed by atoms with Crippen LogP contribution in [-0.2, 0) is 11.2 Å². The van der Waals surface area contributed by atoms with Gasteiger partial charge in [0, 0.05) is 27.5 Å². The molecule has 152 valence electrons. The van der Waals surface area contributed by atoms with Crippen LogP contribution in [0, 0.1) is 0 Å². The third kappa shape index (κ3) is 3.59. The number of benzene rings is 4. The van der Waals surface area contributed by atoms with Crippen molar-refractivity contribution in [2.45, 2.75) is 19.3 Å². The molecular formula is C28H24N2O. The molecule has 31 heavy (non-hydrogen) atoms. The second kappa shape index (κ2) is 8.11. The van der Waals surface area contributed by atoms with Gasteiger partial charge in [-0.2, -0.15) is 0 Å².